The van der Waals surface area contributed by atoms with Crippen LogP contribution in [0.3, 0.4) is 0 Å². The number of aliphatic hydroxyl groups excluding tert-OH is 1. The average Bonchev–Trinajstić information content (AvgIpc) is 3.25. The van der Waals surface area contributed by atoms with E-state index in [9.17, 15) is 5.11 Å². The first-order valence-electron chi connectivity index (χ1n) is 19.8. The lowest BCUT2D eigenvalue weighted by Crippen LogP contribution is -2.60. The standard InChI is InChI=1S/C50H51ClO6/c1-2-54-43-26-23-36(24-27-43)29-42-30-41(25-28-45(42)51)46-47(52)44(35-53-31-37-15-7-3-8-16-37)48(55-32-38-17-9-4-10-18-38)50(57-34-40-21-13-6-14-22-40)49(46)56-33-39-19-11-5-12-20-39/h3-28,30,44,46-50,52H,2,29,31-35H2,1H3/t44-,46?,47-,48+,49-,50-/m0/s1. The molecule has 6 atom stereocenters. The molecule has 1 N–H and O–H groups in total. The van der Waals surface area contributed by atoms with Crippen LogP contribution in [-0.2, 0) is 51.8 Å². The number of aliphatic hydroxyl groups is 1. The summed E-state index contributed by atoms with van der Waals surface area (Å²) in [5, 5.41) is 13.5. The highest BCUT2D eigenvalue weighted by molar-refractivity contribution is 6.31. The summed E-state index contributed by atoms with van der Waals surface area (Å²) in [6, 6.07) is 54.6. The van der Waals surface area contributed by atoms with Crippen molar-refractivity contribution in [3.8, 4) is 5.75 Å². The summed E-state index contributed by atoms with van der Waals surface area (Å²) < 4.78 is 33.0. The summed E-state index contributed by atoms with van der Waals surface area (Å²) in [5.74, 6) is -0.145. The highest BCUT2D eigenvalue weighted by Crippen LogP contribution is 2.44. The van der Waals surface area contributed by atoms with Gasteiger partial charge in [0.15, 0.2) is 0 Å². The Hall–Kier alpha value is -4.79. The third-order valence-electron chi connectivity index (χ3n) is 10.6. The van der Waals surface area contributed by atoms with Crippen LogP contribution in [0.2, 0.25) is 5.02 Å². The molecule has 57 heavy (non-hydrogen) atoms. The van der Waals surface area contributed by atoms with Crippen molar-refractivity contribution in [3.05, 3.63) is 208 Å². The van der Waals surface area contributed by atoms with Crippen LogP contribution in [0.5, 0.6) is 5.75 Å². The second kappa shape index (κ2) is 20.6. The van der Waals surface area contributed by atoms with E-state index in [0.29, 0.717) is 44.5 Å². The summed E-state index contributed by atoms with van der Waals surface area (Å²) in [5.41, 5.74) is 7.10. The molecule has 0 heterocycles. The van der Waals surface area contributed by atoms with Crippen LogP contribution in [0.1, 0.15) is 51.8 Å². The summed E-state index contributed by atoms with van der Waals surface area (Å²) in [6.07, 6.45) is -2.07. The van der Waals surface area contributed by atoms with Crippen molar-refractivity contribution >= 4 is 11.6 Å². The topological polar surface area (TPSA) is 66.4 Å². The molecule has 0 saturated heterocycles. The number of halogens is 1. The fraction of sp³-hybridized carbons (Fsp3) is 0.280. The Labute approximate surface area is 341 Å². The Morgan fingerprint density at radius 2 is 1.02 bits per heavy atom. The smallest absolute Gasteiger partial charge is 0.119 e. The van der Waals surface area contributed by atoms with Gasteiger partial charge in [-0.2, -0.15) is 0 Å². The van der Waals surface area contributed by atoms with E-state index in [1.54, 1.807) is 0 Å². The zero-order valence-electron chi connectivity index (χ0n) is 32.4. The monoisotopic (exact) mass is 782 g/mol. The van der Waals surface area contributed by atoms with Crippen LogP contribution >= 0.6 is 11.6 Å². The second-order valence-corrected chi connectivity index (χ2v) is 15.0. The first kappa shape index (κ1) is 40.4. The van der Waals surface area contributed by atoms with Gasteiger partial charge in [0.25, 0.3) is 0 Å². The minimum absolute atomic E-state index is 0.245. The molecule has 7 rings (SSSR count). The molecule has 1 aliphatic carbocycles. The van der Waals surface area contributed by atoms with Crippen LogP contribution in [0.25, 0.3) is 0 Å². The van der Waals surface area contributed by atoms with Gasteiger partial charge in [-0.15, -0.1) is 0 Å². The molecule has 0 bridgehead atoms. The molecule has 1 saturated carbocycles. The van der Waals surface area contributed by atoms with Gasteiger partial charge in [0.1, 0.15) is 11.9 Å². The molecule has 0 spiro atoms. The quantitative estimate of drug-likeness (QED) is 0.0937. The Morgan fingerprint density at radius 1 is 0.526 bits per heavy atom. The largest absolute Gasteiger partial charge is 0.494 e. The van der Waals surface area contributed by atoms with Crippen LogP contribution in [0.15, 0.2) is 164 Å². The van der Waals surface area contributed by atoms with Gasteiger partial charge in [-0.25, -0.2) is 0 Å². The maximum Gasteiger partial charge on any atom is 0.119 e. The third kappa shape index (κ3) is 11.0. The summed E-state index contributed by atoms with van der Waals surface area (Å²) in [7, 11) is 0. The van der Waals surface area contributed by atoms with Crippen LogP contribution in [0.4, 0.5) is 0 Å². The number of hydrogen-bond donors (Lipinski definition) is 1. The lowest BCUT2D eigenvalue weighted by molar-refractivity contribution is -0.228. The summed E-state index contributed by atoms with van der Waals surface area (Å²) in [6.45, 7) is 4.23. The van der Waals surface area contributed by atoms with E-state index in [-0.39, 0.29) is 6.61 Å². The molecule has 7 heteroatoms. The molecular formula is C50H51ClO6. The van der Waals surface area contributed by atoms with E-state index in [1.165, 1.54) is 0 Å². The molecule has 6 aromatic carbocycles. The number of benzene rings is 6. The Bertz CT molecular complexity index is 2060. The van der Waals surface area contributed by atoms with Gasteiger partial charge in [-0.05, 0) is 70.5 Å². The number of ether oxygens (including phenoxy) is 5. The molecule has 0 amide bonds. The van der Waals surface area contributed by atoms with Crippen molar-refractivity contribution in [2.75, 3.05) is 13.2 Å². The SMILES string of the molecule is CCOc1ccc(Cc2cc(C3[C@@H](O)[C@H](COCc4ccccc4)[C@@H](OCc4ccccc4)[C@H](OCc4ccccc4)[C@H]3OCc3ccccc3)ccc2Cl)cc1. The number of hydrogen-bond acceptors (Lipinski definition) is 6. The van der Waals surface area contributed by atoms with Gasteiger partial charge in [0.05, 0.1) is 58.0 Å². The molecule has 0 aromatic heterocycles. The van der Waals surface area contributed by atoms with Gasteiger partial charge in [0, 0.05) is 16.9 Å². The first-order chi connectivity index (χ1) is 28.1. The van der Waals surface area contributed by atoms with Gasteiger partial charge < -0.3 is 28.8 Å². The predicted molar refractivity (Wildman–Crippen MR) is 225 cm³/mol. The molecular weight excluding hydrogens is 732 g/mol. The van der Waals surface area contributed by atoms with Crippen molar-refractivity contribution < 1.29 is 28.8 Å². The zero-order chi connectivity index (χ0) is 39.2. The van der Waals surface area contributed by atoms with Crippen LogP contribution in [0, 0.1) is 5.92 Å². The van der Waals surface area contributed by atoms with Crippen molar-refractivity contribution in [2.45, 2.75) is 70.1 Å². The molecule has 0 radical (unpaired) electrons. The predicted octanol–water partition coefficient (Wildman–Crippen LogP) is 10.4. The van der Waals surface area contributed by atoms with Crippen LogP contribution < -0.4 is 4.74 Å². The lowest BCUT2D eigenvalue weighted by Gasteiger charge is -2.49. The fourth-order valence-corrected chi connectivity index (χ4v) is 7.88. The fourth-order valence-electron chi connectivity index (χ4n) is 7.69. The summed E-state index contributed by atoms with van der Waals surface area (Å²) >= 11 is 6.92. The van der Waals surface area contributed by atoms with E-state index in [0.717, 1.165) is 44.7 Å². The van der Waals surface area contributed by atoms with E-state index < -0.39 is 36.3 Å². The molecule has 6 aromatic rings. The van der Waals surface area contributed by atoms with Gasteiger partial charge in [0.2, 0.25) is 0 Å². The first-order valence-corrected chi connectivity index (χ1v) is 20.2. The maximum absolute atomic E-state index is 12.8. The molecule has 1 fully saturated rings. The van der Waals surface area contributed by atoms with Gasteiger partial charge in [-0.3, -0.25) is 0 Å². The van der Waals surface area contributed by atoms with Crippen molar-refractivity contribution in [1.29, 1.82) is 0 Å². The van der Waals surface area contributed by atoms with Crippen molar-refractivity contribution in [1.82, 2.24) is 0 Å². The summed E-state index contributed by atoms with van der Waals surface area (Å²) in [4.78, 5) is 0. The molecule has 0 aliphatic heterocycles. The van der Waals surface area contributed by atoms with E-state index in [2.05, 4.69) is 42.5 Å². The highest BCUT2D eigenvalue weighted by atomic mass is 35.5. The Balaban J connectivity index is 1.28. The minimum Gasteiger partial charge on any atom is -0.494 e. The van der Waals surface area contributed by atoms with Gasteiger partial charge in [-0.1, -0.05) is 157 Å². The molecule has 1 aliphatic rings. The van der Waals surface area contributed by atoms with Crippen LogP contribution in [-0.4, -0.2) is 42.7 Å². The van der Waals surface area contributed by atoms with Gasteiger partial charge >= 0.3 is 0 Å². The van der Waals surface area contributed by atoms with E-state index in [4.69, 9.17) is 35.3 Å². The lowest BCUT2D eigenvalue weighted by atomic mass is 9.70. The number of rotatable bonds is 18. The highest BCUT2D eigenvalue weighted by Gasteiger charge is 2.53. The van der Waals surface area contributed by atoms with Crippen molar-refractivity contribution in [2.24, 2.45) is 5.92 Å². The normalized spacial score (nSPS) is 20.6. The Morgan fingerprint density at radius 3 is 1.54 bits per heavy atom. The van der Waals surface area contributed by atoms with E-state index >= 15 is 0 Å². The minimum atomic E-state index is -0.918. The zero-order valence-corrected chi connectivity index (χ0v) is 33.1. The average molecular weight is 783 g/mol. The molecule has 1 unspecified atom stereocenters. The van der Waals surface area contributed by atoms with Crippen molar-refractivity contribution in [3.63, 3.8) is 0 Å². The third-order valence-corrected chi connectivity index (χ3v) is 11.0. The molecule has 6 nitrogen and oxygen atoms in total. The van der Waals surface area contributed by atoms with E-state index in [1.807, 2.05) is 128 Å². The Kier molecular flexibility index (Phi) is 14.6. The maximum atomic E-state index is 12.8. The molecule has 294 valence electrons. The second-order valence-electron chi connectivity index (χ2n) is 14.6.